The van der Waals surface area contributed by atoms with Crippen molar-refractivity contribution in [1.29, 1.82) is 5.26 Å². The first-order valence-corrected chi connectivity index (χ1v) is 7.19. The number of pyridine rings is 1. The SMILES string of the molecule is COC(=O)Nc1ccc2[nH]cc(C(C#N)=Cc3cccnc3)c2c1. The van der Waals surface area contributed by atoms with Gasteiger partial charge in [0.1, 0.15) is 0 Å². The molecule has 0 fully saturated rings. The topological polar surface area (TPSA) is 90.8 Å². The molecule has 118 valence electrons. The summed E-state index contributed by atoms with van der Waals surface area (Å²) < 4.78 is 4.60. The van der Waals surface area contributed by atoms with Crippen LogP contribution in [0.5, 0.6) is 0 Å². The number of fused-ring (bicyclic) bond motifs is 1. The summed E-state index contributed by atoms with van der Waals surface area (Å²) in [4.78, 5) is 18.5. The number of hydrogen-bond acceptors (Lipinski definition) is 4. The number of nitrogens with one attached hydrogen (secondary N) is 2. The number of H-pyrrole nitrogens is 1. The highest BCUT2D eigenvalue weighted by molar-refractivity contribution is 6.02. The fourth-order valence-corrected chi connectivity index (χ4v) is 2.39. The first-order valence-electron chi connectivity index (χ1n) is 7.19. The highest BCUT2D eigenvalue weighted by Crippen LogP contribution is 2.28. The van der Waals surface area contributed by atoms with Crippen molar-refractivity contribution < 1.29 is 9.53 Å². The molecule has 3 rings (SSSR count). The molecule has 0 atom stereocenters. The molecule has 0 spiro atoms. The van der Waals surface area contributed by atoms with Crippen molar-refractivity contribution in [1.82, 2.24) is 9.97 Å². The third kappa shape index (κ3) is 3.10. The molecule has 6 nitrogen and oxygen atoms in total. The minimum atomic E-state index is -0.544. The highest BCUT2D eigenvalue weighted by atomic mass is 16.5. The number of allylic oxidation sites excluding steroid dienone is 1. The summed E-state index contributed by atoms with van der Waals surface area (Å²) >= 11 is 0. The fourth-order valence-electron chi connectivity index (χ4n) is 2.39. The van der Waals surface area contributed by atoms with Crippen molar-refractivity contribution in [2.24, 2.45) is 0 Å². The van der Waals surface area contributed by atoms with Crippen LogP contribution in [0.3, 0.4) is 0 Å². The van der Waals surface area contributed by atoms with Gasteiger partial charge in [-0.3, -0.25) is 10.3 Å². The zero-order chi connectivity index (χ0) is 16.9. The summed E-state index contributed by atoms with van der Waals surface area (Å²) in [5.41, 5.74) is 3.56. The molecule has 2 N–H and O–H groups in total. The van der Waals surface area contributed by atoms with Gasteiger partial charge in [-0.25, -0.2) is 4.79 Å². The normalized spacial score (nSPS) is 11.1. The molecule has 2 heterocycles. The van der Waals surface area contributed by atoms with Crippen LogP contribution in [-0.4, -0.2) is 23.2 Å². The molecule has 0 aliphatic rings. The van der Waals surface area contributed by atoms with Crippen LogP contribution < -0.4 is 5.32 Å². The van der Waals surface area contributed by atoms with Gasteiger partial charge in [-0.1, -0.05) is 6.07 Å². The average Bonchev–Trinajstić information content (AvgIpc) is 3.03. The van der Waals surface area contributed by atoms with E-state index in [1.165, 1.54) is 7.11 Å². The standard InChI is InChI=1S/C18H14N4O2/c1-24-18(23)22-14-4-5-17-15(8-14)16(11-21-17)13(9-19)7-12-3-2-6-20-10-12/h2-8,10-11,21H,1H3,(H,22,23). The maximum absolute atomic E-state index is 11.4. The van der Waals surface area contributed by atoms with Gasteiger partial charge in [0.15, 0.2) is 0 Å². The molecule has 0 unspecified atom stereocenters. The van der Waals surface area contributed by atoms with Crippen LogP contribution in [0, 0.1) is 11.3 Å². The largest absolute Gasteiger partial charge is 0.453 e. The van der Waals surface area contributed by atoms with Crippen LogP contribution in [0.15, 0.2) is 48.9 Å². The number of methoxy groups -OCH3 is 1. The molecule has 2 aromatic heterocycles. The number of amides is 1. The van der Waals surface area contributed by atoms with Gasteiger partial charge in [0.25, 0.3) is 0 Å². The van der Waals surface area contributed by atoms with Crippen LogP contribution in [0.1, 0.15) is 11.1 Å². The summed E-state index contributed by atoms with van der Waals surface area (Å²) in [6.07, 6.45) is 6.38. The molecule has 1 amide bonds. The molecule has 0 bridgehead atoms. The van der Waals surface area contributed by atoms with Crippen LogP contribution in [-0.2, 0) is 4.74 Å². The number of nitrogens with zero attached hydrogens (tertiary/aromatic N) is 2. The van der Waals surface area contributed by atoms with E-state index in [2.05, 4.69) is 26.1 Å². The Morgan fingerprint density at radius 3 is 3.00 bits per heavy atom. The monoisotopic (exact) mass is 318 g/mol. The van der Waals surface area contributed by atoms with Crippen LogP contribution in [0.2, 0.25) is 0 Å². The maximum atomic E-state index is 11.4. The Kier molecular flexibility index (Phi) is 4.25. The van der Waals surface area contributed by atoms with Crippen molar-refractivity contribution in [2.45, 2.75) is 0 Å². The van der Waals surface area contributed by atoms with Crippen LogP contribution in [0.25, 0.3) is 22.6 Å². The summed E-state index contributed by atoms with van der Waals surface area (Å²) in [6.45, 7) is 0. The molecule has 0 radical (unpaired) electrons. The van der Waals surface area contributed by atoms with E-state index in [0.717, 1.165) is 22.0 Å². The second kappa shape index (κ2) is 6.67. The van der Waals surface area contributed by atoms with Gasteiger partial charge in [-0.15, -0.1) is 0 Å². The smallest absolute Gasteiger partial charge is 0.411 e. The van der Waals surface area contributed by atoms with E-state index >= 15 is 0 Å². The lowest BCUT2D eigenvalue weighted by Crippen LogP contribution is -2.10. The van der Waals surface area contributed by atoms with Crippen LogP contribution in [0.4, 0.5) is 10.5 Å². The zero-order valence-corrected chi connectivity index (χ0v) is 12.9. The number of rotatable bonds is 3. The lowest BCUT2D eigenvalue weighted by molar-refractivity contribution is 0.187. The number of carbonyl (C=O) groups is 1. The summed E-state index contributed by atoms with van der Waals surface area (Å²) in [7, 11) is 1.31. The van der Waals surface area contributed by atoms with Crippen molar-refractivity contribution in [3.8, 4) is 6.07 Å². The first kappa shape index (κ1) is 15.3. The number of nitriles is 1. The molecular formula is C18H14N4O2. The Bertz CT molecular complexity index is 952. The van der Waals surface area contributed by atoms with Crippen molar-refractivity contribution in [3.63, 3.8) is 0 Å². The summed E-state index contributed by atoms with van der Waals surface area (Å²) in [5.74, 6) is 0. The van der Waals surface area contributed by atoms with Gasteiger partial charge in [-0.2, -0.15) is 5.26 Å². The number of carbonyl (C=O) groups excluding carboxylic acids is 1. The van der Waals surface area contributed by atoms with E-state index < -0.39 is 6.09 Å². The Morgan fingerprint density at radius 2 is 2.29 bits per heavy atom. The van der Waals surface area contributed by atoms with Gasteiger partial charge in [-0.05, 0) is 35.9 Å². The minimum Gasteiger partial charge on any atom is -0.453 e. The number of ether oxygens (including phenoxy) is 1. The van der Waals surface area contributed by atoms with Gasteiger partial charge >= 0.3 is 6.09 Å². The third-order valence-electron chi connectivity index (χ3n) is 3.52. The van der Waals surface area contributed by atoms with E-state index in [-0.39, 0.29) is 0 Å². The van der Waals surface area contributed by atoms with E-state index in [1.54, 1.807) is 36.8 Å². The lowest BCUT2D eigenvalue weighted by atomic mass is 10.0. The van der Waals surface area contributed by atoms with E-state index in [9.17, 15) is 10.1 Å². The predicted octanol–water partition coefficient (Wildman–Crippen LogP) is 3.81. The molecule has 6 heteroatoms. The molecule has 0 aliphatic heterocycles. The van der Waals surface area contributed by atoms with Crippen molar-refractivity contribution in [3.05, 3.63) is 60.0 Å². The molecule has 3 aromatic rings. The number of anilines is 1. The molecule has 0 saturated heterocycles. The predicted molar refractivity (Wildman–Crippen MR) is 92.0 cm³/mol. The molecule has 0 saturated carbocycles. The Hall–Kier alpha value is -3.59. The van der Waals surface area contributed by atoms with Gasteiger partial charge in [0.05, 0.1) is 18.8 Å². The first-order chi connectivity index (χ1) is 11.7. The Balaban J connectivity index is 2.05. The van der Waals surface area contributed by atoms with Gasteiger partial charge in [0, 0.05) is 40.7 Å². The summed E-state index contributed by atoms with van der Waals surface area (Å²) in [6, 6.07) is 11.3. The quantitative estimate of drug-likeness (QED) is 0.718. The van der Waals surface area contributed by atoms with Gasteiger partial charge in [0.2, 0.25) is 0 Å². The second-order valence-corrected chi connectivity index (χ2v) is 5.04. The zero-order valence-electron chi connectivity index (χ0n) is 12.9. The minimum absolute atomic E-state index is 0.504. The number of aromatic amines is 1. The second-order valence-electron chi connectivity index (χ2n) is 5.04. The summed E-state index contributed by atoms with van der Waals surface area (Å²) in [5, 5.41) is 13.0. The van der Waals surface area contributed by atoms with Crippen LogP contribution >= 0.6 is 0 Å². The molecule has 1 aromatic carbocycles. The molecule has 0 aliphatic carbocycles. The third-order valence-corrected chi connectivity index (χ3v) is 3.52. The number of aromatic nitrogens is 2. The molecular weight excluding hydrogens is 304 g/mol. The maximum Gasteiger partial charge on any atom is 0.411 e. The average molecular weight is 318 g/mol. The van der Waals surface area contributed by atoms with E-state index in [1.807, 2.05) is 18.2 Å². The highest BCUT2D eigenvalue weighted by Gasteiger charge is 2.10. The molecule has 24 heavy (non-hydrogen) atoms. The van der Waals surface area contributed by atoms with Crippen molar-refractivity contribution >= 4 is 34.3 Å². The number of hydrogen-bond donors (Lipinski definition) is 2. The fraction of sp³-hybridized carbons (Fsp3) is 0.0556. The van der Waals surface area contributed by atoms with E-state index in [4.69, 9.17) is 0 Å². The Labute approximate surface area is 138 Å². The lowest BCUT2D eigenvalue weighted by Gasteiger charge is -2.04. The Morgan fingerprint density at radius 1 is 1.42 bits per heavy atom. The number of benzene rings is 1. The van der Waals surface area contributed by atoms with Gasteiger partial charge < -0.3 is 9.72 Å². The van der Waals surface area contributed by atoms with E-state index in [0.29, 0.717) is 11.3 Å². The van der Waals surface area contributed by atoms with Crippen molar-refractivity contribution in [2.75, 3.05) is 12.4 Å².